The van der Waals surface area contributed by atoms with E-state index in [0.717, 1.165) is 11.3 Å². The lowest BCUT2D eigenvalue weighted by molar-refractivity contribution is 0.0455. The van der Waals surface area contributed by atoms with Gasteiger partial charge in [-0.3, -0.25) is 0 Å². The molecule has 0 atom stereocenters. The van der Waals surface area contributed by atoms with Crippen LogP contribution in [-0.4, -0.2) is 29.5 Å². The van der Waals surface area contributed by atoms with Gasteiger partial charge in [-0.25, -0.2) is 9.18 Å². The van der Waals surface area contributed by atoms with Crippen molar-refractivity contribution in [2.24, 2.45) is 0 Å². The molecular weight excluding hydrogens is 287 g/mol. The summed E-state index contributed by atoms with van der Waals surface area (Å²) in [7, 11) is 0. The van der Waals surface area contributed by atoms with Crippen LogP contribution in [0, 0.1) is 5.82 Å². The first-order chi connectivity index (χ1) is 9.16. The van der Waals surface area contributed by atoms with Crippen LogP contribution in [0.1, 0.15) is 15.2 Å². The number of hydrogen-bond donors (Lipinski definition) is 1. The number of halogens is 1. The Labute approximate surface area is 117 Å². The van der Waals surface area contributed by atoms with E-state index in [9.17, 15) is 14.3 Å². The SMILES string of the molecule is O=C(O)c1sc2cccc(F)c2c1CSC1COC1. The van der Waals surface area contributed by atoms with Crippen molar-refractivity contribution >= 4 is 39.2 Å². The van der Waals surface area contributed by atoms with Gasteiger partial charge in [0.15, 0.2) is 0 Å². The molecule has 2 heterocycles. The number of rotatable bonds is 4. The third kappa shape index (κ3) is 2.35. The fourth-order valence-electron chi connectivity index (χ4n) is 1.99. The predicted molar refractivity (Wildman–Crippen MR) is 74.6 cm³/mol. The monoisotopic (exact) mass is 298 g/mol. The third-order valence-electron chi connectivity index (χ3n) is 3.03. The minimum Gasteiger partial charge on any atom is -0.477 e. The quantitative estimate of drug-likeness (QED) is 0.940. The van der Waals surface area contributed by atoms with E-state index < -0.39 is 5.97 Å². The van der Waals surface area contributed by atoms with Crippen molar-refractivity contribution in [2.75, 3.05) is 13.2 Å². The van der Waals surface area contributed by atoms with Gasteiger partial charge < -0.3 is 9.84 Å². The topological polar surface area (TPSA) is 46.5 Å². The highest BCUT2D eigenvalue weighted by Gasteiger charge is 2.24. The maximum absolute atomic E-state index is 13.9. The van der Waals surface area contributed by atoms with Crippen LogP contribution in [0.2, 0.25) is 0 Å². The van der Waals surface area contributed by atoms with E-state index >= 15 is 0 Å². The van der Waals surface area contributed by atoms with Crippen molar-refractivity contribution in [1.29, 1.82) is 0 Å². The van der Waals surface area contributed by atoms with Crippen molar-refractivity contribution in [3.63, 3.8) is 0 Å². The maximum Gasteiger partial charge on any atom is 0.346 e. The van der Waals surface area contributed by atoms with Gasteiger partial charge in [-0.05, 0) is 17.7 Å². The fourth-order valence-corrected chi connectivity index (χ4v) is 4.23. The first kappa shape index (κ1) is 12.9. The van der Waals surface area contributed by atoms with Crippen molar-refractivity contribution in [2.45, 2.75) is 11.0 Å². The normalized spacial score (nSPS) is 15.6. The van der Waals surface area contributed by atoms with Crippen LogP contribution in [0.15, 0.2) is 18.2 Å². The zero-order chi connectivity index (χ0) is 13.4. The zero-order valence-electron chi connectivity index (χ0n) is 9.89. The van der Waals surface area contributed by atoms with Crippen molar-refractivity contribution < 1.29 is 19.0 Å². The molecule has 1 aromatic carbocycles. The number of thiophene rings is 1. The number of carboxylic acids is 1. The van der Waals surface area contributed by atoms with Crippen LogP contribution in [-0.2, 0) is 10.5 Å². The molecular formula is C13H11FO3S2. The molecule has 1 saturated heterocycles. The van der Waals surface area contributed by atoms with Gasteiger partial charge in [-0.2, -0.15) is 0 Å². The molecule has 1 aromatic heterocycles. The largest absolute Gasteiger partial charge is 0.477 e. The second-order valence-corrected chi connectivity index (χ2v) is 6.64. The summed E-state index contributed by atoms with van der Waals surface area (Å²) in [4.78, 5) is 11.5. The maximum atomic E-state index is 13.9. The minimum atomic E-state index is -0.985. The molecule has 6 heteroatoms. The zero-order valence-corrected chi connectivity index (χ0v) is 11.5. The predicted octanol–water partition coefficient (Wildman–Crippen LogP) is 3.37. The molecule has 0 amide bonds. The van der Waals surface area contributed by atoms with E-state index in [-0.39, 0.29) is 10.7 Å². The molecule has 3 nitrogen and oxygen atoms in total. The number of aromatic carboxylic acids is 1. The molecule has 0 unspecified atom stereocenters. The van der Waals surface area contributed by atoms with Crippen LogP contribution in [0.3, 0.4) is 0 Å². The van der Waals surface area contributed by atoms with Gasteiger partial charge in [0.1, 0.15) is 10.7 Å². The Balaban J connectivity index is 2.02. The van der Waals surface area contributed by atoms with Gasteiger partial charge in [-0.1, -0.05) is 6.07 Å². The highest BCUT2D eigenvalue weighted by molar-refractivity contribution is 7.99. The summed E-state index contributed by atoms with van der Waals surface area (Å²) in [6, 6.07) is 4.74. The van der Waals surface area contributed by atoms with Crippen molar-refractivity contribution in [3.05, 3.63) is 34.5 Å². The molecule has 1 fully saturated rings. The summed E-state index contributed by atoms with van der Waals surface area (Å²) in [6.45, 7) is 1.38. The average molecular weight is 298 g/mol. The van der Waals surface area contributed by atoms with Gasteiger partial charge in [0.25, 0.3) is 0 Å². The first-order valence-corrected chi connectivity index (χ1v) is 7.66. The van der Waals surface area contributed by atoms with E-state index in [0.29, 0.717) is 39.9 Å². The summed E-state index contributed by atoms with van der Waals surface area (Å²) >= 11 is 2.77. The van der Waals surface area contributed by atoms with Gasteiger partial charge in [0, 0.05) is 15.8 Å². The lowest BCUT2D eigenvalue weighted by atomic mass is 10.1. The summed E-state index contributed by atoms with van der Waals surface area (Å²) < 4.78 is 19.7. The molecule has 0 saturated carbocycles. The average Bonchev–Trinajstić information content (AvgIpc) is 2.68. The number of thioether (sulfide) groups is 1. The molecule has 0 radical (unpaired) electrons. The Morgan fingerprint density at radius 1 is 1.53 bits per heavy atom. The molecule has 1 aliphatic rings. The van der Waals surface area contributed by atoms with E-state index in [2.05, 4.69) is 0 Å². The van der Waals surface area contributed by atoms with Crippen LogP contribution < -0.4 is 0 Å². The summed E-state index contributed by atoms with van der Waals surface area (Å²) in [5.41, 5.74) is 0.600. The lowest BCUT2D eigenvalue weighted by Gasteiger charge is -2.25. The first-order valence-electron chi connectivity index (χ1n) is 5.79. The van der Waals surface area contributed by atoms with Gasteiger partial charge >= 0.3 is 5.97 Å². The number of ether oxygens (including phenoxy) is 1. The van der Waals surface area contributed by atoms with Crippen molar-refractivity contribution in [1.82, 2.24) is 0 Å². The van der Waals surface area contributed by atoms with Crippen molar-refractivity contribution in [3.8, 4) is 0 Å². The van der Waals surface area contributed by atoms with E-state index in [1.807, 2.05) is 0 Å². The van der Waals surface area contributed by atoms with Crippen LogP contribution in [0.25, 0.3) is 10.1 Å². The minimum absolute atomic E-state index is 0.243. The summed E-state index contributed by atoms with van der Waals surface area (Å²) in [5.74, 6) is -0.820. The second-order valence-electron chi connectivity index (χ2n) is 4.30. The van der Waals surface area contributed by atoms with Gasteiger partial charge in [0.05, 0.1) is 18.5 Å². The second kappa shape index (κ2) is 5.11. The number of fused-ring (bicyclic) bond motifs is 1. The molecule has 2 aromatic rings. The fraction of sp³-hybridized carbons (Fsp3) is 0.308. The van der Waals surface area contributed by atoms with Crippen LogP contribution in [0.4, 0.5) is 4.39 Å². The smallest absolute Gasteiger partial charge is 0.346 e. The molecule has 0 bridgehead atoms. The van der Waals surface area contributed by atoms with E-state index in [4.69, 9.17) is 4.74 Å². The molecule has 0 spiro atoms. The van der Waals surface area contributed by atoms with Gasteiger partial charge in [-0.15, -0.1) is 23.1 Å². The standard InChI is InChI=1S/C13H11FO3S2/c14-9-2-1-3-10-11(9)8(12(19-10)13(15)16)6-18-7-4-17-5-7/h1-3,7H,4-6H2,(H,15,16). The van der Waals surface area contributed by atoms with Crippen LogP contribution >= 0.6 is 23.1 Å². The summed E-state index contributed by atoms with van der Waals surface area (Å²) in [6.07, 6.45) is 0. The summed E-state index contributed by atoms with van der Waals surface area (Å²) in [5, 5.41) is 10.1. The highest BCUT2D eigenvalue weighted by atomic mass is 32.2. The molecule has 1 aliphatic heterocycles. The van der Waals surface area contributed by atoms with Gasteiger partial charge in [0.2, 0.25) is 0 Å². The lowest BCUT2D eigenvalue weighted by Crippen LogP contribution is -2.30. The Bertz CT molecular complexity index is 634. The number of hydrogen-bond acceptors (Lipinski definition) is 4. The van der Waals surface area contributed by atoms with Crippen LogP contribution in [0.5, 0.6) is 0 Å². The van der Waals surface area contributed by atoms with E-state index in [1.54, 1.807) is 23.9 Å². The molecule has 3 rings (SSSR count). The molecule has 0 aliphatic carbocycles. The number of benzene rings is 1. The Morgan fingerprint density at radius 3 is 2.95 bits per heavy atom. The highest BCUT2D eigenvalue weighted by Crippen LogP contribution is 2.37. The third-order valence-corrected chi connectivity index (χ3v) is 5.41. The Kier molecular flexibility index (Phi) is 3.47. The number of carboxylic acid groups (broad SMARTS) is 1. The number of carbonyl (C=O) groups is 1. The molecule has 19 heavy (non-hydrogen) atoms. The Morgan fingerprint density at radius 2 is 2.32 bits per heavy atom. The molecule has 1 N–H and O–H groups in total. The molecule has 100 valence electrons. The Hall–Kier alpha value is -1.11. The van der Waals surface area contributed by atoms with E-state index in [1.165, 1.54) is 6.07 Å².